The lowest BCUT2D eigenvalue weighted by Crippen LogP contribution is -2.28. The number of carbonyl (C=O) groups excluding carboxylic acids is 1. The third-order valence-electron chi connectivity index (χ3n) is 4.26. The van der Waals surface area contributed by atoms with E-state index in [1.54, 1.807) is 4.57 Å². The molecule has 3 heterocycles. The zero-order chi connectivity index (χ0) is 17.2. The highest BCUT2D eigenvalue weighted by Gasteiger charge is 2.18. The first-order chi connectivity index (χ1) is 12.2. The third-order valence-corrected chi connectivity index (χ3v) is 5.27. The Bertz CT molecular complexity index is 939. The van der Waals surface area contributed by atoms with E-state index in [0.717, 1.165) is 46.7 Å². The van der Waals surface area contributed by atoms with Gasteiger partial charge in [-0.3, -0.25) is 9.36 Å². The number of aryl methyl sites for hydroxylation is 1. The van der Waals surface area contributed by atoms with Crippen LogP contribution in [0, 0.1) is 0 Å². The summed E-state index contributed by atoms with van der Waals surface area (Å²) in [5.74, 6) is 0.288. The number of rotatable bonds is 4. The van der Waals surface area contributed by atoms with Crippen molar-refractivity contribution in [3.63, 3.8) is 0 Å². The van der Waals surface area contributed by atoms with Crippen molar-refractivity contribution in [3.05, 3.63) is 45.6 Å². The largest absolute Gasteiger partial charge is 0.457 e. The number of carbonyl (C=O) groups is 1. The van der Waals surface area contributed by atoms with E-state index >= 15 is 0 Å². The summed E-state index contributed by atoms with van der Waals surface area (Å²) in [5.41, 5.74) is 0.668. The van der Waals surface area contributed by atoms with Crippen LogP contribution in [0.2, 0.25) is 0 Å². The van der Waals surface area contributed by atoms with E-state index in [0.29, 0.717) is 6.54 Å². The quantitative estimate of drug-likeness (QED) is 0.668. The predicted molar refractivity (Wildman–Crippen MR) is 93.5 cm³/mol. The summed E-state index contributed by atoms with van der Waals surface area (Å²) in [5, 5.41) is 5.03. The maximum Gasteiger partial charge on any atom is 0.346 e. The first-order valence-corrected chi connectivity index (χ1v) is 9.19. The number of benzene rings is 1. The fraction of sp³-hybridized carbons (Fsp3) is 0.412. The molecule has 0 saturated carbocycles. The fourth-order valence-electron chi connectivity index (χ4n) is 3.02. The van der Waals surface area contributed by atoms with Crippen molar-refractivity contribution >= 4 is 27.5 Å². The van der Waals surface area contributed by atoms with Gasteiger partial charge >= 0.3 is 11.7 Å². The summed E-state index contributed by atoms with van der Waals surface area (Å²) in [6.45, 7) is 0.624. The lowest BCUT2D eigenvalue weighted by molar-refractivity contribution is -0.146. The van der Waals surface area contributed by atoms with Crippen molar-refractivity contribution < 1.29 is 9.53 Å². The maximum absolute atomic E-state index is 12.3. The van der Waals surface area contributed by atoms with Gasteiger partial charge in [0.05, 0.1) is 10.2 Å². The Labute approximate surface area is 147 Å². The first-order valence-electron chi connectivity index (χ1n) is 8.37. The summed E-state index contributed by atoms with van der Waals surface area (Å²) in [4.78, 5) is 28.8. The minimum Gasteiger partial charge on any atom is -0.457 e. The normalized spacial score (nSPS) is 14.2. The van der Waals surface area contributed by atoms with Crippen LogP contribution in [-0.2, 0) is 35.6 Å². The zero-order valence-corrected chi connectivity index (χ0v) is 14.5. The molecule has 0 N–H and O–H groups in total. The average molecular weight is 358 g/mol. The Hall–Kier alpha value is -2.48. The SMILES string of the molecule is O=C(Cn1nc2n(c1=O)CCCCC2)OCc1nc2ccccc2s1. The van der Waals surface area contributed by atoms with Gasteiger partial charge in [-0.2, -0.15) is 5.10 Å². The number of aromatic nitrogens is 4. The van der Waals surface area contributed by atoms with E-state index in [9.17, 15) is 9.59 Å². The molecule has 4 rings (SSSR count). The smallest absolute Gasteiger partial charge is 0.346 e. The Morgan fingerprint density at radius 3 is 3.00 bits per heavy atom. The molecule has 0 atom stereocenters. The van der Waals surface area contributed by atoms with E-state index in [1.807, 2.05) is 24.3 Å². The molecule has 3 aromatic rings. The first kappa shape index (κ1) is 16.0. The van der Waals surface area contributed by atoms with Crippen LogP contribution in [0.5, 0.6) is 0 Å². The predicted octanol–water partition coefficient (Wildman–Crippen LogP) is 2.12. The molecule has 0 aliphatic carbocycles. The lowest BCUT2D eigenvalue weighted by Gasteiger charge is -2.02. The van der Waals surface area contributed by atoms with Crippen molar-refractivity contribution in [2.24, 2.45) is 0 Å². The molecule has 130 valence electrons. The maximum atomic E-state index is 12.3. The van der Waals surface area contributed by atoms with Crippen molar-refractivity contribution in [2.75, 3.05) is 0 Å². The van der Waals surface area contributed by atoms with Crippen LogP contribution in [0.4, 0.5) is 0 Å². The second-order valence-corrected chi connectivity index (χ2v) is 7.17. The van der Waals surface area contributed by atoms with Gasteiger partial charge in [0.2, 0.25) is 0 Å². The van der Waals surface area contributed by atoms with Gasteiger partial charge in [-0.25, -0.2) is 14.5 Å². The van der Waals surface area contributed by atoms with Gasteiger partial charge in [-0.05, 0) is 25.0 Å². The molecule has 0 bridgehead atoms. The lowest BCUT2D eigenvalue weighted by atomic mass is 10.2. The molecular weight excluding hydrogens is 340 g/mol. The summed E-state index contributed by atoms with van der Waals surface area (Å²) < 4.78 is 9.22. The Morgan fingerprint density at radius 2 is 2.12 bits per heavy atom. The molecule has 0 radical (unpaired) electrons. The number of thiazole rings is 1. The second-order valence-electron chi connectivity index (χ2n) is 6.05. The van der Waals surface area contributed by atoms with Crippen molar-refractivity contribution in [1.29, 1.82) is 0 Å². The van der Waals surface area contributed by atoms with Crippen molar-refractivity contribution in [2.45, 2.75) is 45.4 Å². The molecule has 1 aliphatic heterocycles. The molecular formula is C17H18N4O3S. The van der Waals surface area contributed by atoms with E-state index in [1.165, 1.54) is 16.0 Å². The van der Waals surface area contributed by atoms with Crippen LogP contribution in [-0.4, -0.2) is 25.3 Å². The number of ether oxygens (including phenoxy) is 1. The summed E-state index contributed by atoms with van der Waals surface area (Å²) >= 11 is 1.50. The highest BCUT2D eigenvalue weighted by atomic mass is 32.1. The second kappa shape index (κ2) is 6.79. The minimum atomic E-state index is -0.477. The Balaban J connectivity index is 1.41. The van der Waals surface area contributed by atoms with Crippen LogP contribution in [0.3, 0.4) is 0 Å². The molecule has 0 saturated heterocycles. The third kappa shape index (κ3) is 3.34. The van der Waals surface area contributed by atoms with Crippen molar-refractivity contribution in [3.8, 4) is 0 Å². The van der Waals surface area contributed by atoms with Crippen LogP contribution >= 0.6 is 11.3 Å². The molecule has 7 nitrogen and oxygen atoms in total. The fourth-order valence-corrected chi connectivity index (χ4v) is 3.90. The molecule has 2 aromatic heterocycles. The standard InChI is InChI=1S/C17H18N4O3S/c22-16(24-11-15-18-12-6-3-4-7-13(12)25-15)10-21-17(23)20-9-5-1-2-8-14(20)19-21/h3-4,6-7H,1-2,5,8-11H2. The Morgan fingerprint density at radius 1 is 1.24 bits per heavy atom. The van der Waals surface area contributed by atoms with E-state index in [4.69, 9.17) is 4.74 Å². The highest BCUT2D eigenvalue weighted by Crippen LogP contribution is 2.22. The molecule has 8 heteroatoms. The van der Waals surface area contributed by atoms with Crippen LogP contribution in [0.1, 0.15) is 30.1 Å². The molecule has 0 fully saturated rings. The number of fused-ring (bicyclic) bond motifs is 2. The average Bonchev–Trinajstić information content (AvgIpc) is 3.05. The minimum absolute atomic E-state index is 0.112. The van der Waals surface area contributed by atoms with Crippen LogP contribution < -0.4 is 5.69 Å². The Kier molecular flexibility index (Phi) is 4.35. The number of hydrogen-bond acceptors (Lipinski definition) is 6. The van der Waals surface area contributed by atoms with Gasteiger partial charge < -0.3 is 4.74 Å². The van der Waals surface area contributed by atoms with Crippen molar-refractivity contribution in [1.82, 2.24) is 19.3 Å². The monoisotopic (exact) mass is 358 g/mol. The number of para-hydroxylation sites is 1. The van der Waals surface area contributed by atoms with Crippen LogP contribution in [0.25, 0.3) is 10.2 Å². The van der Waals surface area contributed by atoms with Gasteiger partial charge in [-0.15, -0.1) is 11.3 Å². The summed E-state index contributed by atoms with van der Waals surface area (Å²) in [6, 6.07) is 7.78. The zero-order valence-electron chi connectivity index (χ0n) is 13.7. The molecule has 25 heavy (non-hydrogen) atoms. The molecule has 0 amide bonds. The van der Waals surface area contributed by atoms with Gasteiger partial charge in [-0.1, -0.05) is 18.6 Å². The molecule has 0 spiro atoms. The summed E-state index contributed by atoms with van der Waals surface area (Å²) in [7, 11) is 0. The number of esters is 1. The molecule has 0 unspecified atom stereocenters. The topological polar surface area (TPSA) is 79.0 Å². The van der Waals surface area contributed by atoms with E-state index < -0.39 is 5.97 Å². The van der Waals surface area contributed by atoms with E-state index in [-0.39, 0.29) is 18.8 Å². The number of hydrogen-bond donors (Lipinski definition) is 0. The van der Waals surface area contributed by atoms with Gasteiger partial charge in [0.1, 0.15) is 24.0 Å². The number of nitrogens with zero attached hydrogens (tertiary/aromatic N) is 4. The van der Waals surface area contributed by atoms with Gasteiger partial charge in [0.15, 0.2) is 0 Å². The van der Waals surface area contributed by atoms with Crippen LogP contribution in [0.15, 0.2) is 29.1 Å². The highest BCUT2D eigenvalue weighted by molar-refractivity contribution is 7.18. The van der Waals surface area contributed by atoms with Gasteiger partial charge in [0.25, 0.3) is 0 Å². The summed E-state index contributed by atoms with van der Waals surface area (Å²) in [6.07, 6.45) is 3.88. The molecule has 1 aromatic carbocycles. The molecule has 1 aliphatic rings. The van der Waals surface area contributed by atoms with E-state index in [2.05, 4.69) is 10.1 Å². The van der Waals surface area contributed by atoms with Gasteiger partial charge in [0, 0.05) is 13.0 Å².